The Bertz CT molecular complexity index is 1350. The van der Waals surface area contributed by atoms with E-state index in [1.165, 1.54) is 43.5 Å². The minimum absolute atomic E-state index is 0.0306. The van der Waals surface area contributed by atoms with Crippen molar-refractivity contribution in [1.82, 2.24) is 15.2 Å². The third-order valence-corrected chi connectivity index (χ3v) is 7.08. The van der Waals surface area contributed by atoms with Crippen LogP contribution in [0.15, 0.2) is 66.7 Å². The molecule has 3 rings (SSSR count). The molecule has 0 saturated heterocycles. The van der Waals surface area contributed by atoms with Crippen LogP contribution in [0, 0.1) is 11.7 Å². The second-order valence-corrected chi connectivity index (χ2v) is 10.6. The van der Waals surface area contributed by atoms with Crippen molar-refractivity contribution in [2.45, 2.75) is 58.5 Å². The Morgan fingerprint density at radius 2 is 1.60 bits per heavy atom. The number of nitrogens with two attached hydrogens (primary N) is 1. The summed E-state index contributed by atoms with van der Waals surface area (Å²) in [5.74, 6) is -1.61. The SMILES string of the molecule is CCCN(CCC)C(=O)c1cc(OC)cc(C(=O)N[C@@H](Cc2ccccc2)[C@@H](N)C[C@@H](C)C(=O)Nc2ccc(F)cc2)n1. The highest BCUT2D eigenvalue weighted by molar-refractivity contribution is 5.97. The molecule has 9 nitrogen and oxygen atoms in total. The van der Waals surface area contributed by atoms with E-state index in [1.54, 1.807) is 11.8 Å². The molecule has 0 saturated carbocycles. The van der Waals surface area contributed by atoms with Crippen LogP contribution in [-0.2, 0) is 11.2 Å². The Morgan fingerprint density at radius 1 is 0.977 bits per heavy atom. The van der Waals surface area contributed by atoms with E-state index >= 15 is 0 Å². The van der Waals surface area contributed by atoms with Crippen molar-refractivity contribution in [3.63, 3.8) is 0 Å². The molecule has 10 heteroatoms. The number of pyridine rings is 1. The summed E-state index contributed by atoms with van der Waals surface area (Å²) in [6.07, 6.45) is 2.27. The smallest absolute Gasteiger partial charge is 0.272 e. The number of amides is 3. The zero-order valence-electron chi connectivity index (χ0n) is 25.3. The number of nitrogens with one attached hydrogen (secondary N) is 2. The molecule has 3 aromatic rings. The molecule has 2 aromatic carbocycles. The van der Waals surface area contributed by atoms with Crippen LogP contribution in [0.4, 0.5) is 10.1 Å². The van der Waals surface area contributed by atoms with E-state index in [0.717, 1.165) is 18.4 Å². The van der Waals surface area contributed by atoms with Gasteiger partial charge in [0.05, 0.1) is 7.11 Å². The van der Waals surface area contributed by atoms with Gasteiger partial charge < -0.3 is 26.0 Å². The Hall–Kier alpha value is -4.31. The van der Waals surface area contributed by atoms with Gasteiger partial charge in [-0.1, -0.05) is 51.1 Å². The summed E-state index contributed by atoms with van der Waals surface area (Å²) in [4.78, 5) is 45.9. The van der Waals surface area contributed by atoms with Gasteiger partial charge >= 0.3 is 0 Å². The molecule has 1 aromatic heterocycles. The zero-order chi connectivity index (χ0) is 31.4. The number of hydrogen-bond acceptors (Lipinski definition) is 6. The van der Waals surface area contributed by atoms with E-state index in [4.69, 9.17) is 10.5 Å². The van der Waals surface area contributed by atoms with Gasteiger partial charge in [0.15, 0.2) is 0 Å². The van der Waals surface area contributed by atoms with Crippen molar-refractivity contribution < 1.29 is 23.5 Å². The van der Waals surface area contributed by atoms with E-state index in [1.807, 2.05) is 44.2 Å². The minimum Gasteiger partial charge on any atom is -0.497 e. The quantitative estimate of drug-likeness (QED) is 0.233. The molecule has 0 aliphatic heterocycles. The van der Waals surface area contributed by atoms with E-state index < -0.39 is 29.7 Å². The fraction of sp³-hybridized carbons (Fsp3) is 0.394. The molecular formula is C33H42FN5O4. The predicted molar refractivity (Wildman–Crippen MR) is 165 cm³/mol. The van der Waals surface area contributed by atoms with Gasteiger partial charge in [-0.05, 0) is 55.5 Å². The zero-order valence-corrected chi connectivity index (χ0v) is 25.3. The van der Waals surface area contributed by atoms with Gasteiger partial charge in [-0.15, -0.1) is 0 Å². The second-order valence-electron chi connectivity index (χ2n) is 10.6. The standard InChI is InChI=1S/C33H42FN5O4/c1-5-16-39(17-6-2)33(42)30-21-26(43-4)20-29(37-30)32(41)38-28(19-23-10-8-7-9-11-23)27(35)18-22(3)31(40)36-25-14-12-24(34)13-15-25/h7-15,20-22,27-28H,5-6,16-19,35H2,1-4H3,(H,36,40)(H,38,41)/t22-,27+,28+/m1/s1. The number of nitrogens with zero attached hydrogens (tertiary/aromatic N) is 2. The van der Waals surface area contributed by atoms with Crippen molar-refractivity contribution in [3.8, 4) is 5.75 Å². The largest absolute Gasteiger partial charge is 0.497 e. The lowest BCUT2D eigenvalue weighted by Crippen LogP contribution is -2.50. The monoisotopic (exact) mass is 591 g/mol. The highest BCUT2D eigenvalue weighted by Crippen LogP contribution is 2.19. The van der Waals surface area contributed by atoms with Crippen LogP contribution >= 0.6 is 0 Å². The third-order valence-electron chi connectivity index (χ3n) is 7.08. The molecule has 4 N–H and O–H groups in total. The van der Waals surface area contributed by atoms with Gasteiger partial charge in [-0.25, -0.2) is 9.37 Å². The summed E-state index contributed by atoms with van der Waals surface area (Å²) < 4.78 is 18.7. The number of carbonyl (C=O) groups excluding carboxylic acids is 3. The third kappa shape index (κ3) is 9.89. The van der Waals surface area contributed by atoms with E-state index in [-0.39, 0.29) is 29.6 Å². The van der Waals surface area contributed by atoms with Gasteiger partial charge in [-0.3, -0.25) is 14.4 Å². The van der Waals surface area contributed by atoms with Gasteiger partial charge in [0.25, 0.3) is 11.8 Å². The first-order chi connectivity index (χ1) is 20.6. The number of aromatic nitrogens is 1. The van der Waals surface area contributed by atoms with Gasteiger partial charge in [0, 0.05) is 48.9 Å². The highest BCUT2D eigenvalue weighted by Gasteiger charge is 2.27. The highest BCUT2D eigenvalue weighted by atomic mass is 19.1. The molecule has 3 atom stereocenters. The number of halogens is 1. The number of rotatable bonds is 15. The molecular weight excluding hydrogens is 549 g/mol. The molecule has 0 spiro atoms. The first-order valence-electron chi connectivity index (χ1n) is 14.7. The van der Waals surface area contributed by atoms with Crippen molar-refractivity contribution >= 4 is 23.4 Å². The average molecular weight is 592 g/mol. The molecule has 0 aliphatic rings. The second kappa shape index (κ2) is 16.4. The normalized spacial score (nSPS) is 13.0. The summed E-state index contributed by atoms with van der Waals surface area (Å²) >= 11 is 0. The Morgan fingerprint density at radius 3 is 2.21 bits per heavy atom. The van der Waals surface area contributed by atoms with Crippen LogP contribution in [0.25, 0.3) is 0 Å². The van der Waals surface area contributed by atoms with E-state index in [2.05, 4.69) is 15.6 Å². The van der Waals surface area contributed by atoms with Gasteiger partial charge in [0.1, 0.15) is 23.0 Å². The minimum atomic E-state index is -0.602. The maximum absolute atomic E-state index is 13.6. The summed E-state index contributed by atoms with van der Waals surface area (Å²) in [7, 11) is 1.47. The summed E-state index contributed by atoms with van der Waals surface area (Å²) in [5.41, 5.74) is 8.22. The number of methoxy groups -OCH3 is 1. The first-order valence-corrected chi connectivity index (χ1v) is 14.7. The lowest BCUT2D eigenvalue weighted by Gasteiger charge is -2.27. The molecule has 43 heavy (non-hydrogen) atoms. The lowest BCUT2D eigenvalue weighted by molar-refractivity contribution is -0.119. The molecule has 0 fully saturated rings. The maximum atomic E-state index is 13.6. The topological polar surface area (TPSA) is 127 Å². The lowest BCUT2D eigenvalue weighted by atomic mass is 9.92. The van der Waals surface area contributed by atoms with Crippen molar-refractivity contribution in [2.75, 3.05) is 25.5 Å². The van der Waals surface area contributed by atoms with Crippen LogP contribution in [0.5, 0.6) is 5.75 Å². The van der Waals surface area contributed by atoms with Gasteiger partial charge in [-0.2, -0.15) is 0 Å². The van der Waals surface area contributed by atoms with Crippen molar-refractivity contribution in [3.05, 3.63) is 89.5 Å². The molecule has 230 valence electrons. The first kappa shape index (κ1) is 33.2. The molecule has 1 heterocycles. The Labute approximate surface area is 253 Å². The average Bonchev–Trinajstić information content (AvgIpc) is 3.01. The fourth-order valence-corrected chi connectivity index (χ4v) is 4.76. The van der Waals surface area contributed by atoms with E-state index in [9.17, 15) is 18.8 Å². The number of benzene rings is 2. The number of hydrogen-bond donors (Lipinski definition) is 3. The van der Waals surface area contributed by atoms with Crippen LogP contribution in [0.2, 0.25) is 0 Å². The van der Waals surface area contributed by atoms with Crippen molar-refractivity contribution in [1.29, 1.82) is 0 Å². The molecule has 0 unspecified atom stereocenters. The Kier molecular flexibility index (Phi) is 12.6. The molecule has 0 bridgehead atoms. The van der Waals surface area contributed by atoms with Crippen LogP contribution in [0.1, 0.15) is 66.6 Å². The Balaban J connectivity index is 1.81. The summed E-state index contributed by atoms with van der Waals surface area (Å²) in [5, 5.41) is 5.78. The summed E-state index contributed by atoms with van der Waals surface area (Å²) in [6.45, 7) is 6.90. The van der Waals surface area contributed by atoms with Crippen molar-refractivity contribution in [2.24, 2.45) is 11.7 Å². The number of ether oxygens (including phenoxy) is 1. The fourth-order valence-electron chi connectivity index (χ4n) is 4.76. The van der Waals surface area contributed by atoms with Gasteiger partial charge in [0.2, 0.25) is 5.91 Å². The molecule has 3 amide bonds. The van der Waals surface area contributed by atoms with E-state index in [0.29, 0.717) is 30.9 Å². The van der Waals surface area contributed by atoms with Crippen LogP contribution < -0.4 is 21.1 Å². The number of carbonyl (C=O) groups is 3. The summed E-state index contributed by atoms with van der Waals surface area (Å²) in [6, 6.07) is 17.0. The molecule has 0 aliphatic carbocycles. The van der Waals surface area contributed by atoms with Crippen LogP contribution in [-0.4, -0.2) is 59.9 Å². The van der Waals surface area contributed by atoms with Crippen LogP contribution in [0.3, 0.4) is 0 Å². The predicted octanol–water partition coefficient (Wildman–Crippen LogP) is 4.82. The molecule has 0 radical (unpaired) electrons. The number of anilines is 1. The maximum Gasteiger partial charge on any atom is 0.272 e.